The van der Waals surface area contributed by atoms with Crippen molar-refractivity contribution in [3.8, 4) is 0 Å². The maximum absolute atomic E-state index is 11.9. The minimum Gasteiger partial charge on any atom is -0.346 e. The zero-order valence-electron chi connectivity index (χ0n) is 9.23. The Kier molecular flexibility index (Phi) is 3.01. The number of sulfone groups is 1. The van der Waals surface area contributed by atoms with Gasteiger partial charge in [-0.25, -0.2) is 8.42 Å². The third-order valence-corrected chi connectivity index (χ3v) is 4.32. The highest BCUT2D eigenvalue weighted by molar-refractivity contribution is 7.91. The fraction of sp³-hybridized carbons (Fsp3) is 0.333. The number of rotatable bonds is 4. The SMILES string of the molecule is CCCCS(=O)(=O)c1cc2ccccc2[nH]1. The molecule has 0 amide bonds. The lowest BCUT2D eigenvalue weighted by Crippen LogP contribution is -2.06. The molecule has 0 unspecified atom stereocenters. The summed E-state index contributed by atoms with van der Waals surface area (Å²) in [6.07, 6.45) is 1.59. The summed E-state index contributed by atoms with van der Waals surface area (Å²) in [5.41, 5.74) is 0.873. The Morgan fingerprint density at radius 1 is 1.25 bits per heavy atom. The van der Waals surface area contributed by atoms with Gasteiger partial charge in [-0.1, -0.05) is 31.5 Å². The summed E-state index contributed by atoms with van der Waals surface area (Å²) in [4.78, 5) is 2.96. The van der Waals surface area contributed by atoms with E-state index in [2.05, 4.69) is 4.98 Å². The first-order chi connectivity index (χ1) is 7.63. The molecule has 0 aliphatic carbocycles. The normalized spacial score (nSPS) is 12.1. The molecule has 86 valence electrons. The van der Waals surface area contributed by atoms with Crippen LogP contribution < -0.4 is 0 Å². The summed E-state index contributed by atoms with van der Waals surface area (Å²) >= 11 is 0. The van der Waals surface area contributed by atoms with E-state index in [0.717, 1.165) is 17.3 Å². The van der Waals surface area contributed by atoms with Gasteiger partial charge in [0, 0.05) is 10.9 Å². The lowest BCUT2D eigenvalue weighted by molar-refractivity contribution is 0.590. The van der Waals surface area contributed by atoms with E-state index in [-0.39, 0.29) is 5.75 Å². The second kappa shape index (κ2) is 4.29. The van der Waals surface area contributed by atoms with Gasteiger partial charge in [-0.05, 0) is 18.6 Å². The van der Waals surface area contributed by atoms with Crippen molar-refractivity contribution in [3.63, 3.8) is 0 Å². The molecule has 0 saturated carbocycles. The van der Waals surface area contributed by atoms with Gasteiger partial charge in [0.2, 0.25) is 0 Å². The smallest absolute Gasteiger partial charge is 0.193 e. The lowest BCUT2D eigenvalue weighted by atomic mass is 10.3. The first-order valence-corrected chi connectivity index (χ1v) is 7.09. The number of benzene rings is 1. The Morgan fingerprint density at radius 3 is 2.69 bits per heavy atom. The molecule has 4 heteroatoms. The van der Waals surface area contributed by atoms with Crippen LogP contribution in [0.25, 0.3) is 10.9 Å². The summed E-state index contributed by atoms with van der Waals surface area (Å²) < 4.78 is 23.9. The van der Waals surface area contributed by atoms with Crippen molar-refractivity contribution in [2.24, 2.45) is 0 Å². The van der Waals surface area contributed by atoms with Gasteiger partial charge in [-0.15, -0.1) is 0 Å². The van der Waals surface area contributed by atoms with E-state index in [4.69, 9.17) is 0 Å². The molecule has 0 radical (unpaired) electrons. The fourth-order valence-electron chi connectivity index (χ4n) is 1.66. The van der Waals surface area contributed by atoms with Crippen LogP contribution in [-0.4, -0.2) is 19.2 Å². The van der Waals surface area contributed by atoms with E-state index >= 15 is 0 Å². The monoisotopic (exact) mass is 237 g/mol. The number of unbranched alkanes of at least 4 members (excludes halogenated alkanes) is 1. The molecule has 1 aromatic heterocycles. The maximum Gasteiger partial charge on any atom is 0.193 e. The lowest BCUT2D eigenvalue weighted by Gasteiger charge is -1.99. The predicted molar refractivity (Wildman–Crippen MR) is 65.3 cm³/mol. The van der Waals surface area contributed by atoms with Gasteiger partial charge in [0.1, 0.15) is 5.03 Å². The van der Waals surface area contributed by atoms with E-state index in [1.807, 2.05) is 31.2 Å². The molecule has 2 rings (SSSR count). The topological polar surface area (TPSA) is 49.9 Å². The molecule has 0 bridgehead atoms. The molecule has 16 heavy (non-hydrogen) atoms. The van der Waals surface area contributed by atoms with Crippen LogP contribution in [0.4, 0.5) is 0 Å². The van der Waals surface area contributed by atoms with Crippen LogP contribution in [0.5, 0.6) is 0 Å². The van der Waals surface area contributed by atoms with Crippen molar-refractivity contribution in [2.45, 2.75) is 24.8 Å². The Morgan fingerprint density at radius 2 is 2.00 bits per heavy atom. The molecule has 1 aromatic carbocycles. The van der Waals surface area contributed by atoms with Gasteiger partial charge in [0.05, 0.1) is 5.75 Å². The van der Waals surface area contributed by atoms with Crippen molar-refractivity contribution >= 4 is 20.7 Å². The highest BCUT2D eigenvalue weighted by atomic mass is 32.2. The van der Waals surface area contributed by atoms with Gasteiger partial charge >= 0.3 is 0 Å². The van der Waals surface area contributed by atoms with Crippen LogP contribution in [-0.2, 0) is 9.84 Å². The third kappa shape index (κ3) is 2.11. The van der Waals surface area contributed by atoms with E-state index in [0.29, 0.717) is 11.4 Å². The average Bonchev–Trinajstić information content (AvgIpc) is 2.71. The Labute approximate surface area is 95.4 Å². The fourth-order valence-corrected chi connectivity index (χ4v) is 3.12. The number of aromatic amines is 1. The second-order valence-electron chi connectivity index (χ2n) is 3.89. The van der Waals surface area contributed by atoms with E-state index in [1.54, 1.807) is 6.07 Å². The molecular formula is C12H15NO2S. The van der Waals surface area contributed by atoms with Crippen LogP contribution in [0.1, 0.15) is 19.8 Å². The average molecular weight is 237 g/mol. The van der Waals surface area contributed by atoms with Crippen LogP contribution in [0.3, 0.4) is 0 Å². The summed E-state index contributed by atoms with van der Waals surface area (Å²) in [6.45, 7) is 1.99. The number of H-pyrrole nitrogens is 1. The zero-order chi connectivity index (χ0) is 11.6. The summed E-state index contributed by atoms with van der Waals surface area (Å²) in [5.74, 6) is 0.219. The Bertz CT molecular complexity index is 551. The molecule has 0 spiro atoms. The molecule has 3 nitrogen and oxygen atoms in total. The van der Waals surface area contributed by atoms with Crippen LogP contribution in [0, 0.1) is 0 Å². The van der Waals surface area contributed by atoms with Gasteiger partial charge in [0.25, 0.3) is 0 Å². The number of nitrogens with one attached hydrogen (secondary N) is 1. The van der Waals surface area contributed by atoms with E-state index < -0.39 is 9.84 Å². The van der Waals surface area contributed by atoms with Gasteiger partial charge in [0.15, 0.2) is 9.84 Å². The van der Waals surface area contributed by atoms with Crippen LogP contribution in [0.2, 0.25) is 0 Å². The maximum atomic E-state index is 11.9. The highest BCUT2D eigenvalue weighted by Crippen LogP contribution is 2.19. The van der Waals surface area contributed by atoms with Crippen LogP contribution >= 0.6 is 0 Å². The second-order valence-corrected chi connectivity index (χ2v) is 5.97. The minimum atomic E-state index is -3.14. The van der Waals surface area contributed by atoms with Crippen molar-refractivity contribution in [3.05, 3.63) is 30.3 Å². The molecule has 0 atom stereocenters. The molecule has 1 heterocycles. The van der Waals surface area contributed by atoms with Crippen molar-refractivity contribution in [1.82, 2.24) is 4.98 Å². The molecule has 0 fully saturated rings. The minimum absolute atomic E-state index is 0.219. The first-order valence-electron chi connectivity index (χ1n) is 5.44. The molecule has 0 aliphatic heterocycles. The van der Waals surface area contributed by atoms with Gasteiger partial charge < -0.3 is 4.98 Å². The van der Waals surface area contributed by atoms with E-state index in [9.17, 15) is 8.42 Å². The molecule has 0 aliphatic rings. The van der Waals surface area contributed by atoms with Crippen LogP contribution in [0.15, 0.2) is 35.4 Å². The quantitative estimate of drug-likeness (QED) is 0.888. The van der Waals surface area contributed by atoms with Gasteiger partial charge in [-0.3, -0.25) is 0 Å². The molecule has 2 aromatic rings. The van der Waals surface area contributed by atoms with Crippen molar-refractivity contribution in [1.29, 1.82) is 0 Å². The standard InChI is InChI=1S/C12H15NO2S/c1-2-3-8-16(14,15)12-9-10-6-4-5-7-11(10)13-12/h4-7,9,13H,2-3,8H2,1H3. The zero-order valence-corrected chi connectivity index (χ0v) is 10.0. The van der Waals surface area contributed by atoms with Gasteiger partial charge in [-0.2, -0.15) is 0 Å². The first kappa shape index (κ1) is 11.2. The van der Waals surface area contributed by atoms with Crippen molar-refractivity contribution in [2.75, 3.05) is 5.75 Å². The number of hydrogen-bond donors (Lipinski definition) is 1. The predicted octanol–water partition coefficient (Wildman–Crippen LogP) is 2.74. The summed E-state index contributed by atoms with van der Waals surface area (Å²) in [7, 11) is -3.14. The largest absolute Gasteiger partial charge is 0.346 e. The highest BCUT2D eigenvalue weighted by Gasteiger charge is 2.15. The van der Waals surface area contributed by atoms with Crippen molar-refractivity contribution < 1.29 is 8.42 Å². The summed E-state index contributed by atoms with van der Waals surface area (Å²) in [5, 5.41) is 1.28. The number of hydrogen-bond acceptors (Lipinski definition) is 2. The number of fused-ring (bicyclic) bond motifs is 1. The Balaban J connectivity index is 2.40. The number of para-hydroxylation sites is 1. The molecule has 1 N–H and O–H groups in total. The number of aromatic nitrogens is 1. The van der Waals surface area contributed by atoms with E-state index in [1.165, 1.54) is 0 Å². The molecule has 0 saturated heterocycles. The molecular weight excluding hydrogens is 222 g/mol. The summed E-state index contributed by atoms with van der Waals surface area (Å²) in [6, 6.07) is 9.29. The Hall–Kier alpha value is -1.29. The third-order valence-electron chi connectivity index (χ3n) is 2.61.